The first-order valence-corrected chi connectivity index (χ1v) is 13.2. The second-order valence-electron chi connectivity index (χ2n) is 8.25. The predicted molar refractivity (Wildman–Crippen MR) is 133 cm³/mol. The van der Waals surface area contributed by atoms with Gasteiger partial charge >= 0.3 is 5.97 Å². The molecule has 182 valence electrons. The van der Waals surface area contributed by atoms with Crippen molar-refractivity contribution in [3.8, 4) is 0 Å². The number of rotatable bonds is 11. The molecule has 0 saturated heterocycles. The molecular weight excluding hydrogens is 520 g/mol. The van der Waals surface area contributed by atoms with E-state index in [1.807, 2.05) is 36.5 Å². The molecule has 8 nitrogen and oxygen atoms in total. The van der Waals surface area contributed by atoms with Crippen LogP contribution in [0, 0.1) is 5.92 Å². The number of hydrogen-bond acceptors (Lipinski definition) is 6. The molecule has 3 rings (SSSR count). The van der Waals surface area contributed by atoms with E-state index in [9.17, 15) is 13.2 Å². The number of ether oxygens (including phenoxy) is 1. The first-order valence-electron chi connectivity index (χ1n) is 11.0. The number of benzene rings is 2. The molecule has 0 radical (unpaired) electrons. The lowest BCUT2D eigenvalue weighted by Crippen LogP contribution is -2.49. The lowest BCUT2D eigenvalue weighted by molar-refractivity contribution is -0.146. The highest BCUT2D eigenvalue weighted by Crippen LogP contribution is 2.28. The van der Waals surface area contributed by atoms with Crippen LogP contribution in [0.3, 0.4) is 0 Å². The van der Waals surface area contributed by atoms with Crippen molar-refractivity contribution in [2.24, 2.45) is 5.92 Å². The summed E-state index contributed by atoms with van der Waals surface area (Å²) in [6.07, 6.45) is 2.84. The van der Waals surface area contributed by atoms with Crippen LogP contribution in [0.25, 0.3) is 0 Å². The Morgan fingerprint density at radius 3 is 2.44 bits per heavy atom. The molecule has 0 unspecified atom stereocenters. The highest BCUT2D eigenvalue weighted by atomic mass is 79.9. The molecule has 0 aliphatic carbocycles. The molecule has 0 bridgehead atoms. The van der Waals surface area contributed by atoms with E-state index < -0.39 is 22.0 Å². The molecule has 0 amide bonds. The van der Waals surface area contributed by atoms with Crippen LogP contribution in [0.5, 0.6) is 0 Å². The molecule has 10 heteroatoms. The average Bonchev–Trinajstić information content (AvgIpc) is 3.25. The minimum absolute atomic E-state index is 0.110. The van der Waals surface area contributed by atoms with E-state index in [1.165, 1.54) is 17.5 Å². The summed E-state index contributed by atoms with van der Waals surface area (Å²) < 4.78 is 35.7. The van der Waals surface area contributed by atoms with Crippen molar-refractivity contribution in [3.63, 3.8) is 0 Å². The van der Waals surface area contributed by atoms with Gasteiger partial charge in [-0.1, -0.05) is 61.5 Å². The van der Waals surface area contributed by atoms with Crippen molar-refractivity contribution in [1.29, 1.82) is 0 Å². The van der Waals surface area contributed by atoms with Crippen LogP contribution in [-0.4, -0.2) is 53.4 Å². The maximum atomic E-state index is 13.6. The minimum atomic E-state index is -3.98. The SMILES string of the molecule is COC(=O)[C@H](C(C)C)N(CCCc1cn(Cc2ccccc2)nn1)S(=O)(=O)c1ccccc1Br. The van der Waals surface area contributed by atoms with E-state index in [0.717, 1.165) is 11.3 Å². The number of nitrogens with zero attached hydrogens (tertiary/aromatic N) is 4. The smallest absolute Gasteiger partial charge is 0.324 e. The van der Waals surface area contributed by atoms with Crippen LogP contribution in [-0.2, 0) is 32.5 Å². The number of carbonyl (C=O) groups excluding carboxylic acids is 1. The van der Waals surface area contributed by atoms with Crippen molar-refractivity contribution in [1.82, 2.24) is 19.3 Å². The molecule has 0 spiro atoms. The summed E-state index contributed by atoms with van der Waals surface area (Å²) in [5.74, 6) is -0.865. The van der Waals surface area contributed by atoms with Crippen LogP contribution in [0.2, 0.25) is 0 Å². The number of aryl methyl sites for hydroxylation is 1. The van der Waals surface area contributed by atoms with Crippen molar-refractivity contribution >= 4 is 31.9 Å². The maximum absolute atomic E-state index is 13.6. The van der Waals surface area contributed by atoms with E-state index in [1.54, 1.807) is 36.7 Å². The van der Waals surface area contributed by atoms with Gasteiger partial charge in [0.15, 0.2) is 0 Å². The number of methoxy groups -OCH3 is 1. The van der Waals surface area contributed by atoms with Crippen LogP contribution in [0.15, 0.2) is 70.2 Å². The normalized spacial score (nSPS) is 12.8. The number of carbonyl (C=O) groups is 1. The van der Waals surface area contributed by atoms with Gasteiger partial charge < -0.3 is 4.74 Å². The Kier molecular flexibility index (Phi) is 8.98. The molecule has 2 aromatic carbocycles. The molecule has 1 atom stereocenters. The lowest BCUT2D eigenvalue weighted by Gasteiger charge is -2.31. The van der Waals surface area contributed by atoms with Gasteiger partial charge in [0.1, 0.15) is 6.04 Å². The summed E-state index contributed by atoms with van der Waals surface area (Å²) in [6.45, 7) is 4.35. The van der Waals surface area contributed by atoms with E-state index in [0.29, 0.717) is 23.9 Å². The molecule has 0 N–H and O–H groups in total. The summed E-state index contributed by atoms with van der Waals surface area (Å²) in [4.78, 5) is 12.7. The predicted octanol–water partition coefficient (Wildman–Crippen LogP) is 3.91. The molecule has 3 aromatic rings. The Labute approximate surface area is 209 Å². The van der Waals surface area contributed by atoms with Gasteiger partial charge in [0, 0.05) is 17.2 Å². The molecule has 0 saturated carbocycles. The fourth-order valence-electron chi connectivity index (χ4n) is 3.75. The number of hydrogen-bond donors (Lipinski definition) is 0. The Morgan fingerprint density at radius 1 is 1.12 bits per heavy atom. The number of esters is 1. The van der Waals surface area contributed by atoms with E-state index in [-0.39, 0.29) is 17.4 Å². The van der Waals surface area contributed by atoms with Gasteiger partial charge in [0.05, 0.1) is 24.2 Å². The summed E-state index contributed by atoms with van der Waals surface area (Å²) >= 11 is 3.33. The largest absolute Gasteiger partial charge is 0.468 e. The quantitative estimate of drug-likeness (QED) is 0.337. The maximum Gasteiger partial charge on any atom is 0.324 e. The molecule has 34 heavy (non-hydrogen) atoms. The van der Waals surface area contributed by atoms with Crippen molar-refractivity contribution in [2.75, 3.05) is 13.7 Å². The van der Waals surface area contributed by atoms with Crippen LogP contribution in [0.4, 0.5) is 0 Å². The van der Waals surface area contributed by atoms with Gasteiger partial charge in [0.25, 0.3) is 0 Å². The van der Waals surface area contributed by atoms with Crippen LogP contribution >= 0.6 is 15.9 Å². The van der Waals surface area contributed by atoms with Gasteiger partial charge in [-0.05, 0) is 52.4 Å². The first-order chi connectivity index (χ1) is 16.2. The highest BCUT2D eigenvalue weighted by Gasteiger charge is 2.39. The van der Waals surface area contributed by atoms with Gasteiger partial charge in [-0.15, -0.1) is 5.10 Å². The lowest BCUT2D eigenvalue weighted by atomic mass is 10.0. The van der Waals surface area contributed by atoms with Gasteiger partial charge in [-0.3, -0.25) is 4.79 Å². The molecule has 1 heterocycles. The molecule has 0 fully saturated rings. The Bertz CT molecular complexity index is 1200. The first kappa shape index (κ1) is 26.1. The van der Waals surface area contributed by atoms with E-state index in [4.69, 9.17) is 4.74 Å². The molecular formula is C24H29BrN4O4S. The van der Waals surface area contributed by atoms with Crippen molar-refractivity contribution in [3.05, 3.63) is 76.5 Å². The zero-order valence-corrected chi connectivity index (χ0v) is 21.9. The zero-order valence-electron chi connectivity index (χ0n) is 19.5. The number of sulfonamides is 1. The summed E-state index contributed by atoms with van der Waals surface area (Å²) in [5, 5.41) is 8.40. The summed E-state index contributed by atoms with van der Waals surface area (Å²) in [6, 6.07) is 15.6. The Morgan fingerprint density at radius 2 is 1.79 bits per heavy atom. The van der Waals surface area contributed by atoms with Gasteiger partial charge in [-0.25, -0.2) is 13.1 Å². The van der Waals surface area contributed by atoms with E-state index >= 15 is 0 Å². The Hall–Kier alpha value is -2.56. The summed E-state index contributed by atoms with van der Waals surface area (Å²) in [7, 11) is -2.71. The Balaban J connectivity index is 1.78. The second-order valence-corrected chi connectivity index (χ2v) is 11.0. The van der Waals surface area contributed by atoms with Crippen molar-refractivity contribution in [2.45, 2.75) is 44.2 Å². The highest BCUT2D eigenvalue weighted by molar-refractivity contribution is 9.10. The fourth-order valence-corrected chi connectivity index (χ4v) is 6.46. The van der Waals surface area contributed by atoms with E-state index in [2.05, 4.69) is 26.2 Å². The second kappa shape index (κ2) is 11.7. The fraction of sp³-hybridized carbons (Fsp3) is 0.375. The number of halogens is 1. The standard InChI is InChI=1S/C24H29BrN4O4S/c1-18(2)23(24(30)33-3)29(34(31,32)22-14-8-7-13-21(22)25)15-9-12-20-17-28(27-26-20)16-19-10-5-4-6-11-19/h4-8,10-11,13-14,17-18,23H,9,12,15-16H2,1-3H3/t23-/m0/s1. The molecule has 0 aliphatic rings. The average molecular weight is 549 g/mol. The molecule has 1 aromatic heterocycles. The third-order valence-corrected chi connectivity index (χ3v) is 8.29. The molecule has 0 aliphatic heterocycles. The van der Waals surface area contributed by atoms with Crippen molar-refractivity contribution < 1.29 is 17.9 Å². The topological polar surface area (TPSA) is 94.4 Å². The monoisotopic (exact) mass is 548 g/mol. The van der Waals surface area contributed by atoms with Gasteiger partial charge in [-0.2, -0.15) is 4.31 Å². The third-order valence-electron chi connectivity index (χ3n) is 5.39. The van der Waals surface area contributed by atoms with Crippen LogP contribution < -0.4 is 0 Å². The zero-order chi connectivity index (χ0) is 24.7. The minimum Gasteiger partial charge on any atom is -0.468 e. The van der Waals surface area contributed by atoms with Crippen LogP contribution in [0.1, 0.15) is 31.5 Å². The third kappa shape index (κ3) is 6.31. The summed E-state index contributed by atoms with van der Waals surface area (Å²) in [5.41, 5.74) is 1.87. The van der Waals surface area contributed by atoms with Gasteiger partial charge in [0.2, 0.25) is 10.0 Å². The number of aromatic nitrogens is 3.